The smallest absolute Gasteiger partial charge is 0.223 e. The minimum Gasteiger partial charge on any atom is -0.368 e. The van der Waals surface area contributed by atoms with Gasteiger partial charge >= 0.3 is 0 Å². The van der Waals surface area contributed by atoms with Crippen molar-refractivity contribution in [3.63, 3.8) is 0 Å². The monoisotopic (exact) mass is 284 g/mol. The van der Waals surface area contributed by atoms with Gasteiger partial charge in [0, 0.05) is 6.42 Å². The number of anilines is 1. The highest BCUT2D eigenvalue weighted by molar-refractivity contribution is 9.11. The first-order valence-corrected chi connectivity index (χ1v) is 6.06. The molecule has 0 atom stereocenters. The highest BCUT2D eigenvalue weighted by Crippen LogP contribution is 2.29. The first kappa shape index (κ1) is 10.5. The predicted molar refractivity (Wildman–Crippen MR) is 64.6 cm³/mol. The van der Waals surface area contributed by atoms with Gasteiger partial charge in [-0.3, -0.25) is 0 Å². The van der Waals surface area contributed by atoms with Crippen molar-refractivity contribution in [2.45, 2.75) is 13.3 Å². The van der Waals surface area contributed by atoms with E-state index in [1.807, 2.05) is 19.1 Å². The molecule has 2 aromatic rings. The van der Waals surface area contributed by atoms with Gasteiger partial charge in [0.1, 0.15) is 5.82 Å². The molecule has 78 valence electrons. The molecule has 2 rings (SSSR count). The molecule has 0 amide bonds. The van der Waals surface area contributed by atoms with Crippen LogP contribution in [0.25, 0.3) is 10.7 Å². The molecule has 0 unspecified atom stereocenters. The Bertz CT molecular complexity index is 483. The molecule has 6 heteroatoms. The predicted octanol–water partition coefficient (Wildman–Crippen LogP) is 2.51. The normalized spacial score (nSPS) is 10.5. The summed E-state index contributed by atoms with van der Waals surface area (Å²) >= 11 is 4.98. The molecule has 0 saturated carbocycles. The van der Waals surface area contributed by atoms with Crippen LogP contribution in [-0.2, 0) is 6.42 Å². The summed E-state index contributed by atoms with van der Waals surface area (Å²) in [5.41, 5.74) is 5.61. The van der Waals surface area contributed by atoms with Gasteiger partial charge in [-0.25, -0.2) is 4.98 Å². The average Bonchev–Trinajstić information content (AvgIpc) is 2.64. The molecule has 0 bridgehead atoms. The Morgan fingerprint density at radius 3 is 2.73 bits per heavy atom. The third-order valence-electron chi connectivity index (χ3n) is 1.81. The van der Waals surface area contributed by atoms with E-state index in [2.05, 4.69) is 30.9 Å². The number of aryl methyl sites for hydroxylation is 1. The zero-order chi connectivity index (χ0) is 10.8. The number of nitrogens with two attached hydrogens (primary N) is 1. The van der Waals surface area contributed by atoms with Crippen LogP contribution in [0, 0.1) is 0 Å². The largest absolute Gasteiger partial charge is 0.368 e. The fourth-order valence-electron chi connectivity index (χ4n) is 1.14. The first-order valence-electron chi connectivity index (χ1n) is 4.45. The fourth-order valence-corrected chi connectivity index (χ4v) is 2.46. The summed E-state index contributed by atoms with van der Waals surface area (Å²) in [5, 5.41) is 0. The van der Waals surface area contributed by atoms with Crippen LogP contribution in [-0.4, -0.2) is 15.0 Å². The van der Waals surface area contributed by atoms with E-state index >= 15 is 0 Å². The number of hydrogen-bond donors (Lipinski definition) is 1. The van der Waals surface area contributed by atoms with Crippen molar-refractivity contribution in [1.82, 2.24) is 15.0 Å². The van der Waals surface area contributed by atoms with Gasteiger partial charge in [-0.2, -0.15) is 9.97 Å². The Hall–Kier alpha value is -1.01. The van der Waals surface area contributed by atoms with Crippen LogP contribution in [0.15, 0.2) is 15.9 Å². The van der Waals surface area contributed by atoms with Gasteiger partial charge in [0.2, 0.25) is 5.95 Å². The van der Waals surface area contributed by atoms with E-state index in [1.54, 1.807) is 11.3 Å². The van der Waals surface area contributed by atoms with E-state index in [0.717, 1.165) is 20.9 Å². The van der Waals surface area contributed by atoms with Crippen LogP contribution < -0.4 is 5.73 Å². The maximum Gasteiger partial charge on any atom is 0.223 e. The molecule has 15 heavy (non-hydrogen) atoms. The second-order valence-electron chi connectivity index (χ2n) is 2.89. The number of thiophene rings is 1. The van der Waals surface area contributed by atoms with Crippen molar-refractivity contribution in [2.24, 2.45) is 0 Å². The Morgan fingerprint density at radius 1 is 1.33 bits per heavy atom. The van der Waals surface area contributed by atoms with Crippen LogP contribution in [0.2, 0.25) is 0 Å². The highest BCUT2D eigenvalue weighted by Gasteiger charge is 2.07. The summed E-state index contributed by atoms with van der Waals surface area (Å²) in [4.78, 5) is 13.5. The molecule has 0 aromatic carbocycles. The molecule has 0 aliphatic carbocycles. The minimum absolute atomic E-state index is 0.279. The van der Waals surface area contributed by atoms with Gasteiger partial charge in [0.05, 0.1) is 8.66 Å². The molecular formula is C9H9BrN4S. The third-order valence-corrected chi connectivity index (χ3v) is 3.43. The maximum atomic E-state index is 5.61. The standard InChI is InChI=1S/C9H9BrN4S/c1-2-7-12-8(14-9(11)13-7)5-3-4-6(10)15-5/h3-4H,2H2,1H3,(H2,11,12,13,14). The Morgan fingerprint density at radius 2 is 2.13 bits per heavy atom. The molecule has 0 fully saturated rings. The van der Waals surface area contributed by atoms with Crippen LogP contribution in [0.3, 0.4) is 0 Å². The second-order valence-corrected chi connectivity index (χ2v) is 5.35. The molecule has 0 radical (unpaired) electrons. The quantitative estimate of drug-likeness (QED) is 0.920. The topological polar surface area (TPSA) is 64.7 Å². The van der Waals surface area contributed by atoms with Gasteiger partial charge in [0.15, 0.2) is 5.82 Å². The lowest BCUT2D eigenvalue weighted by Gasteiger charge is -2.00. The number of halogens is 1. The van der Waals surface area contributed by atoms with Gasteiger partial charge in [-0.05, 0) is 28.1 Å². The third kappa shape index (κ3) is 2.32. The lowest BCUT2D eigenvalue weighted by atomic mass is 10.4. The van der Waals surface area contributed by atoms with Crippen LogP contribution in [0.4, 0.5) is 5.95 Å². The Labute approximate surface area is 99.7 Å². The van der Waals surface area contributed by atoms with Crippen LogP contribution >= 0.6 is 27.3 Å². The van der Waals surface area contributed by atoms with Gasteiger partial charge in [0.25, 0.3) is 0 Å². The van der Waals surface area contributed by atoms with Crippen LogP contribution in [0.5, 0.6) is 0 Å². The molecule has 0 aliphatic heterocycles. The summed E-state index contributed by atoms with van der Waals surface area (Å²) in [5.74, 6) is 1.65. The molecule has 2 N–H and O–H groups in total. The minimum atomic E-state index is 0.279. The number of nitrogen functional groups attached to an aromatic ring is 1. The van der Waals surface area contributed by atoms with Gasteiger partial charge < -0.3 is 5.73 Å². The lowest BCUT2D eigenvalue weighted by molar-refractivity contribution is 0.915. The van der Waals surface area contributed by atoms with Crippen molar-refractivity contribution in [3.05, 3.63) is 21.7 Å². The SMILES string of the molecule is CCc1nc(N)nc(-c2ccc(Br)s2)n1. The summed E-state index contributed by atoms with van der Waals surface area (Å²) in [6.07, 6.45) is 0.756. The number of hydrogen-bond acceptors (Lipinski definition) is 5. The highest BCUT2D eigenvalue weighted by atomic mass is 79.9. The Balaban J connectivity index is 2.48. The number of nitrogens with zero attached hydrogens (tertiary/aromatic N) is 3. The molecule has 2 heterocycles. The number of rotatable bonds is 2. The molecule has 0 saturated heterocycles. The summed E-state index contributed by atoms with van der Waals surface area (Å²) in [7, 11) is 0. The van der Waals surface area contributed by atoms with Crippen molar-refractivity contribution < 1.29 is 0 Å². The number of aromatic nitrogens is 3. The molecule has 2 aromatic heterocycles. The fraction of sp³-hybridized carbons (Fsp3) is 0.222. The van der Waals surface area contributed by atoms with E-state index < -0.39 is 0 Å². The summed E-state index contributed by atoms with van der Waals surface area (Å²) in [6, 6.07) is 3.93. The van der Waals surface area contributed by atoms with Crippen LogP contribution in [0.1, 0.15) is 12.7 Å². The maximum absolute atomic E-state index is 5.61. The van der Waals surface area contributed by atoms with E-state index in [9.17, 15) is 0 Å². The van der Waals surface area contributed by atoms with Gasteiger partial charge in [-0.1, -0.05) is 6.92 Å². The molecule has 0 spiro atoms. The zero-order valence-corrected chi connectivity index (χ0v) is 10.5. The summed E-state index contributed by atoms with van der Waals surface area (Å²) < 4.78 is 1.05. The Kier molecular flexibility index (Phi) is 2.97. The van der Waals surface area contributed by atoms with E-state index in [1.165, 1.54) is 0 Å². The van der Waals surface area contributed by atoms with E-state index in [0.29, 0.717) is 5.82 Å². The van der Waals surface area contributed by atoms with Crippen molar-refractivity contribution in [2.75, 3.05) is 5.73 Å². The average molecular weight is 285 g/mol. The van der Waals surface area contributed by atoms with Crippen molar-refractivity contribution in [1.29, 1.82) is 0 Å². The van der Waals surface area contributed by atoms with E-state index in [4.69, 9.17) is 5.73 Å². The van der Waals surface area contributed by atoms with Crippen molar-refractivity contribution in [3.8, 4) is 10.7 Å². The van der Waals surface area contributed by atoms with E-state index in [-0.39, 0.29) is 5.95 Å². The lowest BCUT2D eigenvalue weighted by Crippen LogP contribution is -2.03. The van der Waals surface area contributed by atoms with Crippen molar-refractivity contribution >= 4 is 33.2 Å². The zero-order valence-electron chi connectivity index (χ0n) is 8.07. The van der Waals surface area contributed by atoms with Gasteiger partial charge in [-0.15, -0.1) is 11.3 Å². The second kappa shape index (κ2) is 4.24. The molecule has 0 aliphatic rings. The summed E-state index contributed by atoms with van der Waals surface area (Å²) in [6.45, 7) is 1.99. The first-order chi connectivity index (χ1) is 7.19. The molecule has 4 nitrogen and oxygen atoms in total. The molecular weight excluding hydrogens is 276 g/mol.